The molecule has 0 aromatic heterocycles. The van der Waals surface area contributed by atoms with E-state index in [0.717, 1.165) is 29.5 Å². The molecule has 0 radical (unpaired) electrons. The molecule has 6 heteroatoms. The summed E-state index contributed by atoms with van der Waals surface area (Å²) in [5.41, 5.74) is 2.52. The Labute approximate surface area is 191 Å². The summed E-state index contributed by atoms with van der Waals surface area (Å²) >= 11 is 0. The van der Waals surface area contributed by atoms with Gasteiger partial charge < -0.3 is 26.0 Å². The summed E-state index contributed by atoms with van der Waals surface area (Å²) in [5.74, 6) is 0.310. The maximum Gasteiger partial charge on any atom is 0.224 e. The third-order valence-electron chi connectivity index (χ3n) is 5.93. The zero-order valence-electron chi connectivity index (χ0n) is 19.6. The Bertz CT molecular complexity index is 851. The van der Waals surface area contributed by atoms with Crippen LogP contribution >= 0.6 is 0 Å². The molecule has 1 amide bonds. The molecule has 6 nitrogen and oxygen atoms in total. The third-order valence-corrected chi connectivity index (χ3v) is 5.93. The van der Waals surface area contributed by atoms with Crippen molar-refractivity contribution in [2.45, 2.75) is 64.6 Å². The lowest BCUT2D eigenvalue weighted by Gasteiger charge is -2.28. The first-order valence-corrected chi connectivity index (χ1v) is 11.3. The standard InChI is InChI=1S/C26H38N2O4/c1-5-18(2)23(17-29)28-25(32)14-19-7-6-8-20(13-19)15-26(3,4)27-16-24(31)21-9-11-22(30)12-10-21/h6-13,18,23-24,27,29-31H,5,14-17H2,1-4H3,(H,28,32)/t18-,23+,24?/m0/s1. The molecule has 2 aromatic carbocycles. The van der Waals surface area contributed by atoms with E-state index in [1.54, 1.807) is 24.3 Å². The van der Waals surface area contributed by atoms with E-state index in [-0.39, 0.29) is 42.2 Å². The number of amides is 1. The minimum atomic E-state index is -0.671. The lowest BCUT2D eigenvalue weighted by Crippen LogP contribution is -2.43. The number of aliphatic hydroxyl groups is 2. The topological polar surface area (TPSA) is 102 Å². The quantitative estimate of drug-likeness (QED) is 0.348. The van der Waals surface area contributed by atoms with Crippen molar-refractivity contribution >= 4 is 5.91 Å². The van der Waals surface area contributed by atoms with Gasteiger partial charge in [0.1, 0.15) is 5.75 Å². The molecule has 3 atom stereocenters. The van der Waals surface area contributed by atoms with E-state index < -0.39 is 6.10 Å². The zero-order chi connectivity index (χ0) is 23.7. The van der Waals surface area contributed by atoms with Crippen LogP contribution in [0.1, 0.15) is 56.9 Å². The molecular weight excluding hydrogens is 404 g/mol. The number of phenols is 1. The summed E-state index contributed by atoms with van der Waals surface area (Å²) in [6.45, 7) is 8.55. The van der Waals surface area contributed by atoms with Crippen LogP contribution in [0.2, 0.25) is 0 Å². The van der Waals surface area contributed by atoms with E-state index in [1.165, 1.54) is 0 Å². The van der Waals surface area contributed by atoms with Gasteiger partial charge in [0, 0.05) is 12.1 Å². The summed E-state index contributed by atoms with van der Waals surface area (Å²) in [5, 5.41) is 35.7. The van der Waals surface area contributed by atoms with Crippen molar-refractivity contribution in [2.24, 2.45) is 5.92 Å². The Balaban J connectivity index is 1.92. The van der Waals surface area contributed by atoms with Crippen molar-refractivity contribution in [3.63, 3.8) is 0 Å². The van der Waals surface area contributed by atoms with Gasteiger partial charge in [-0.3, -0.25) is 4.79 Å². The number of β-amino-alcohol motifs (C(OH)–C–C–N with tert-alkyl or cyclic N) is 1. The van der Waals surface area contributed by atoms with Crippen molar-refractivity contribution in [1.29, 1.82) is 0 Å². The van der Waals surface area contributed by atoms with Gasteiger partial charge in [-0.15, -0.1) is 0 Å². The Morgan fingerprint density at radius 3 is 2.38 bits per heavy atom. The predicted octanol–water partition coefficient (Wildman–Crippen LogP) is 3.10. The van der Waals surface area contributed by atoms with Crippen molar-refractivity contribution in [3.8, 4) is 5.75 Å². The first kappa shape index (κ1) is 25.8. The summed E-state index contributed by atoms with van der Waals surface area (Å²) in [6.07, 6.45) is 1.23. The number of rotatable bonds is 12. The van der Waals surface area contributed by atoms with Gasteiger partial charge in [0.05, 0.1) is 25.2 Å². The van der Waals surface area contributed by atoms with Gasteiger partial charge in [-0.05, 0) is 55.0 Å². The number of aromatic hydroxyl groups is 1. The minimum absolute atomic E-state index is 0.0589. The summed E-state index contributed by atoms with van der Waals surface area (Å²) in [4.78, 5) is 12.5. The van der Waals surface area contributed by atoms with Crippen LogP contribution in [0.4, 0.5) is 0 Å². The second kappa shape index (κ2) is 12.0. The summed E-state index contributed by atoms with van der Waals surface area (Å²) in [7, 11) is 0. The molecule has 2 aromatic rings. The number of nitrogens with one attached hydrogen (secondary N) is 2. The first-order chi connectivity index (χ1) is 15.1. The van der Waals surface area contributed by atoms with Crippen LogP contribution in [0, 0.1) is 5.92 Å². The van der Waals surface area contributed by atoms with E-state index in [1.807, 2.05) is 38.1 Å². The lowest BCUT2D eigenvalue weighted by atomic mass is 9.93. The van der Waals surface area contributed by atoms with Crippen LogP contribution in [0.25, 0.3) is 0 Å². The molecule has 0 aliphatic heterocycles. The largest absolute Gasteiger partial charge is 0.508 e. The van der Waals surface area contributed by atoms with E-state index >= 15 is 0 Å². The van der Waals surface area contributed by atoms with Crippen molar-refractivity contribution in [2.75, 3.05) is 13.2 Å². The lowest BCUT2D eigenvalue weighted by molar-refractivity contribution is -0.121. The molecule has 0 saturated carbocycles. The average molecular weight is 443 g/mol. The Kier molecular flexibility index (Phi) is 9.69. The van der Waals surface area contributed by atoms with E-state index in [4.69, 9.17) is 0 Å². The molecule has 0 aliphatic rings. The summed E-state index contributed by atoms with van der Waals surface area (Å²) in [6, 6.07) is 14.3. The number of benzene rings is 2. The molecule has 0 bridgehead atoms. The average Bonchev–Trinajstić information content (AvgIpc) is 2.75. The van der Waals surface area contributed by atoms with Gasteiger partial charge in [-0.25, -0.2) is 0 Å². The highest BCUT2D eigenvalue weighted by atomic mass is 16.3. The monoisotopic (exact) mass is 442 g/mol. The molecule has 0 heterocycles. The number of carbonyl (C=O) groups is 1. The van der Waals surface area contributed by atoms with Gasteiger partial charge in [0.25, 0.3) is 0 Å². The van der Waals surface area contributed by atoms with Gasteiger partial charge >= 0.3 is 0 Å². The molecule has 1 unspecified atom stereocenters. The number of phenolic OH excluding ortho intramolecular Hbond substituents is 1. The minimum Gasteiger partial charge on any atom is -0.508 e. The highest BCUT2D eigenvalue weighted by Gasteiger charge is 2.21. The first-order valence-electron chi connectivity index (χ1n) is 11.3. The number of carbonyl (C=O) groups excluding carboxylic acids is 1. The molecule has 5 N–H and O–H groups in total. The molecule has 32 heavy (non-hydrogen) atoms. The fourth-order valence-electron chi connectivity index (χ4n) is 3.71. The SMILES string of the molecule is CC[C@H](C)[C@@H](CO)NC(=O)Cc1cccc(CC(C)(C)NCC(O)c2ccc(O)cc2)c1. The molecule has 0 saturated heterocycles. The Morgan fingerprint density at radius 2 is 1.75 bits per heavy atom. The van der Waals surface area contributed by atoms with Gasteiger partial charge in [0.15, 0.2) is 0 Å². The zero-order valence-corrected chi connectivity index (χ0v) is 19.6. The fourth-order valence-corrected chi connectivity index (χ4v) is 3.71. The van der Waals surface area contributed by atoms with Crippen LogP contribution in [-0.4, -0.2) is 46.0 Å². The molecule has 0 fully saturated rings. The number of hydrogen-bond donors (Lipinski definition) is 5. The second-order valence-electron chi connectivity index (χ2n) is 9.29. The molecular formula is C26H38N2O4. The maximum atomic E-state index is 12.5. The van der Waals surface area contributed by atoms with Crippen molar-refractivity contribution < 1.29 is 20.1 Å². The highest BCUT2D eigenvalue weighted by Crippen LogP contribution is 2.19. The Hall–Kier alpha value is -2.41. The van der Waals surface area contributed by atoms with E-state index in [9.17, 15) is 20.1 Å². The van der Waals surface area contributed by atoms with Crippen molar-refractivity contribution in [1.82, 2.24) is 10.6 Å². The van der Waals surface area contributed by atoms with Crippen LogP contribution in [-0.2, 0) is 17.6 Å². The fraction of sp³-hybridized carbons (Fsp3) is 0.500. The molecule has 0 aliphatic carbocycles. The predicted molar refractivity (Wildman–Crippen MR) is 127 cm³/mol. The van der Waals surface area contributed by atoms with Gasteiger partial charge in [-0.2, -0.15) is 0 Å². The number of hydrogen-bond acceptors (Lipinski definition) is 5. The highest BCUT2D eigenvalue weighted by molar-refractivity contribution is 5.79. The smallest absolute Gasteiger partial charge is 0.224 e. The molecule has 0 spiro atoms. The van der Waals surface area contributed by atoms with Crippen molar-refractivity contribution in [3.05, 3.63) is 65.2 Å². The maximum absolute atomic E-state index is 12.5. The van der Waals surface area contributed by atoms with E-state index in [0.29, 0.717) is 6.54 Å². The second-order valence-corrected chi connectivity index (χ2v) is 9.29. The van der Waals surface area contributed by atoms with Crippen LogP contribution in [0.3, 0.4) is 0 Å². The molecule has 2 rings (SSSR count). The van der Waals surface area contributed by atoms with Crippen LogP contribution in [0.15, 0.2) is 48.5 Å². The summed E-state index contributed by atoms with van der Waals surface area (Å²) < 4.78 is 0. The number of aliphatic hydroxyl groups excluding tert-OH is 2. The normalized spacial score (nSPS) is 14.6. The van der Waals surface area contributed by atoms with Gasteiger partial charge in [-0.1, -0.05) is 56.7 Å². The Morgan fingerprint density at radius 1 is 1.09 bits per heavy atom. The molecule has 176 valence electrons. The van der Waals surface area contributed by atoms with Gasteiger partial charge in [0.2, 0.25) is 5.91 Å². The van der Waals surface area contributed by atoms with Crippen LogP contribution in [0.5, 0.6) is 5.75 Å². The van der Waals surface area contributed by atoms with Crippen LogP contribution < -0.4 is 10.6 Å². The third kappa shape index (κ3) is 8.26. The van der Waals surface area contributed by atoms with E-state index in [2.05, 4.69) is 24.5 Å².